The Morgan fingerprint density at radius 2 is 2.19 bits per heavy atom. The molecule has 0 spiro atoms. The zero-order chi connectivity index (χ0) is 11.7. The number of ether oxygens (including phenoxy) is 1. The Morgan fingerprint density at radius 1 is 1.44 bits per heavy atom. The van der Waals surface area contributed by atoms with Crippen LogP contribution in [0.1, 0.15) is 5.89 Å². The summed E-state index contributed by atoms with van der Waals surface area (Å²) in [6, 6.07) is 2.67. The van der Waals surface area contributed by atoms with E-state index in [1.807, 2.05) is 0 Å². The van der Waals surface area contributed by atoms with Crippen LogP contribution in [-0.2, 0) is 0 Å². The molecule has 1 aromatic heterocycles. The number of hydrogen-bond acceptors (Lipinski definition) is 3. The van der Waals surface area contributed by atoms with E-state index >= 15 is 0 Å². The third-order valence-electron chi connectivity index (χ3n) is 2.13. The molecule has 0 bridgehead atoms. The van der Waals surface area contributed by atoms with Crippen molar-refractivity contribution in [3.05, 3.63) is 35.1 Å². The van der Waals surface area contributed by atoms with Crippen LogP contribution in [0, 0.1) is 12.7 Å². The monoisotopic (exact) mass is 241 g/mol. The van der Waals surface area contributed by atoms with E-state index in [4.69, 9.17) is 20.8 Å². The fourth-order valence-corrected chi connectivity index (χ4v) is 1.53. The summed E-state index contributed by atoms with van der Waals surface area (Å²) in [6.45, 7) is 1.71. The van der Waals surface area contributed by atoms with Crippen molar-refractivity contribution in [2.24, 2.45) is 0 Å². The molecule has 0 amide bonds. The molecule has 84 valence electrons. The zero-order valence-electron chi connectivity index (χ0n) is 8.75. The molecule has 3 nitrogen and oxygen atoms in total. The van der Waals surface area contributed by atoms with Gasteiger partial charge in [0.05, 0.1) is 23.9 Å². The van der Waals surface area contributed by atoms with Gasteiger partial charge in [-0.05, 0) is 6.07 Å². The van der Waals surface area contributed by atoms with Crippen LogP contribution in [0.5, 0.6) is 5.75 Å². The van der Waals surface area contributed by atoms with Crippen molar-refractivity contribution in [2.45, 2.75) is 6.92 Å². The lowest BCUT2D eigenvalue weighted by Gasteiger charge is -2.06. The van der Waals surface area contributed by atoms with Gasteiger partial charge in [-0.2, -0.15) is 0 Å². The molecule has 0 aliphatic rings. The van der Waals surface area contributed by atoms with E-state index in [2.05, 4.69) is 4.98 Å². The predicted octanol–water partition coefficient (Wildman–Crippen LogP) is 3.45. The first kappa shape index (κ1) is 11.0. The molecular formula is C11H9ClFNO2. The standard InChI is InChI=1S/C11H9ClFNO2/c1-6-14-5-11(16-6)7-3-9(13)8(12)4-10(7)15-2/h3-5H,1-2H3. The molecule has 1 aromatic carbocycles. The molecule has 0 N–H and O–H groups in total. The molecule has 0 atom stereocenters. The Morgan fingerprint density at radius 3 is 2.75 bits per heavy atom. The highest BCUT2D eigenvalue weighted by atomic mass is 35.5. The number of hydrogen-bond donors (Lipinski definition) is 0. The summed E-state index contributed by atoms with van der Waals surface area (Å²) < 4.78 is 23.8. The lowest BCUT2D eigenvalue weighted by atomic mass is 10.1. The van der Waals surface area contributed by atoms with Gasteiger partial charge in [0.2, 0.25) is 0 Å². The Balaban J connectivity index is 2.59. The summed E-state index contributed by atoms with van der Waals surface area (Å²) in [5.74, 6) is 0.881. The van der Waals surface area contributed by atoms with Gasteiger partial charge in [-0.1, -0.05) is 11.6 Å². The molecule has 2 rings (SSSR count). The van der Waals surface area contributed by atoms with Gasteiger partial charge in [0.15, 0.2) is 11.7 Å². The first-order valence-electron chi connectivity index (χ1n) is 4.57. The predicted molar refractivity (Wildman–Crippen MR) is 58.2 cm³/mol. The number of halogens is 2. The molecule has 0 unspecified atom stereocenters. The van der Waals surface area contributed by atoms with Gasteiger partial charge >= 0.3 is 0 Å². The van der Waals surface area contributed by atoms with E-state index < -0.39 is 5.82 Å². The summed E-state index contributed by atoms with van der Waals surface area (Å²) in [7, 11) is 1.48. The van der Waals surface area contributed by atoms with Crippen LogP contribution in [0.25, 0.3) is 11.3 Å². The Bertz CT molecular complexity index is 525. The fourth-order valence-electron chi connectivity index (χ4n) is 1.38. The van der Waals surface area contributed by atoms with Crippen LogP contribution in [0.15, 0.2) is 22.7 Å². The maximum atomic E-state index is 13.3. The Labute approximate surface area is 96.8 Å². The highest BCUT2D eigenvalue weighted by molar-refractivity contribution is 6.31. The van der Waals surface area contributed by atoms with Gasteiger partial charge in [0.1, 0.15) is 11.6 Å². The van der Waals surface area contributed by atoms with E-state index in [0.29, 0.717) is 23.0 Å². The summed E-state index contributed by atoms with van der Waals surface area (Å²) in [5, 5.41) is 0.0110. The zero-order valence-corrected chi connectivity index (χ0v) is 9.51. The lowest BCUT2D eigenvalue weighted by Crippen LogP contribution is -1.89. The summed E-state index contributed by atoms with van der Waals surface area (Å²) in [6.07, 6.45) is 1.51. The molecule has 0 radical (unpaired) electrons. The average Bonchev–Trinajstić information content (AvgIpc) is 2.68. The maximum absolute atomic E-state index is 13.3. The van der Waals surface area contributed by atoms with Crippen LogP contribution in [0.3, 0.4) is 0 Å². The second-order valence-corrected chi connectivity index (χ2v) is 3.62. The number of benzene rings is 1. The normalized spacial score (nSPS) is 10.5. The lowest BCUT2D eigenvalue weighted by molar-refractivity contribution is 0.413. The number of aryl methyl sites for hydroxylation is 1. The first-order chi connectivity index (χ1) is 7.61. The van der Waals surface area contributed by atoms with Crippen LogP contribution in [0.2, 0.25) is 5.02 Å². The average molecular weight is 242 g/mol. The molecule has 1 heterocycles. The quantitative estimate of drug-likeness (QED) is 0.808. The first-order valence-corrected chi connectivity index (χ1v) is 4.95. The third-order valence-corrected chi connectivity index (χ3v) is 2.42. The second-order valence-electron chi connectivity index (χ2n) is 3.21. The largest absolute Gasteiger partial charge is 0.496 e. The number of oxazole rings is 1. The van der Waals surface area contributed by atoms with Crippen molar-refractivity contribution < 1.29 is 13.5 Å². The molecule has 0 aliphatic heterocycles. The fraction of sp³-hybridized carbons (Fsp3) is 0.182. The minimum atomic E-state index is -0.522. The third kappa shape index (κ3) is 1.88. The van der Waals surface area contributed by atoms with Crippen molar-refractivity contribution >= 4 is 11.6 Å². The van der Waals surface area contributed by atoms with Gasteiger partial charge in [-0.3, -0.25) is 0 Å². The number of methoxy groups -OCH3 is 1. The van der Waals surface area contributed by atoms with E-state index in [-0.39, 0.29) is 5.02 Å². The molecule has 0 saturated heterocycles. The number of aromatic nitrogens is 1. The smallest absolute Gasteiger partial charge is 0.191 e. The van der Waals surface area contributed by atoms with Gasteiger partial charge in [-0.25, -0.2) is 9.37 Å². The SMILES string of the molecule is COc1cc(Cl)c(F)cc1-c1cnc(C)o1. The molecule has 2 aromatic rings. The molecule has 0 aliphatic carbocycles. The molecule has 0 saturated carbocycles. The minimum absolute atomic E-state index is 0.0110. The molecular weight excluding hydrogens is 233 g/mol. The summed E-state index contributed by atoms with van der Waals surface area (Å²) in [4.78, 5) is 3.94. The van der Waals surface area contributed by atoms with Crippen LogP contribution in [0.4, 0.5) is 4.39 Å². The van der Waals surface area contributed by atoms with Crippen LogP contribution in [-0.4, -0.2) is 12.1 Å². The van der Waals surface area contributed by atoms with Crippen molar-refractivity contribution in [1.82, 2.24) is 4.98 Å². The van der Waals surface area contributed by atoms with Gasteiger partial charge in [-0.15, -0.1) is 0 Å². The molecule has 5 heteroatoms. The van der Waals surface area contributed by atoms with Crippen molar-refractivity contribution in [1.29, 1.82) is 0 Å². The Hall–Kier alpha value is -1.55. The van der Waals surface area contributed by atoms with Crippen LogP contribution >= 0.6 is 11.6 Å². The second kappa shape index (κ2) is 4.14. The van der Waals surface area contributed by atoms with E-state index in [9.17, 15) is 4.39 Å². The van der Waals surface area contributed by atoms with Crippen LogP contribution < -0.4 is 4.74 Å². The highest BCUT2D eigenvalue weighted by Gasteiger charge is 2.14. The molecule has 16 heavy (non-hydrogen) atoms. The topological polar surface area (TPSA) is 35.3 Å². The molecule has 0 fully saturated rings. The van der Waals surface area contributed by atoms with Crippen molar-refractivity contribution in [3.8, 4) is 17.1 Å². The Kier molecular flexibility index (Phi) is 2.83. The highest BCUT2D eigenvalue weighted by Crippen LogP contribution is 2.34. The van der Waals surface area contributed by atoms with E-state index in [1.165, 1.54) is 25.4 Å². The number of nitrogens with zero attached hydrogens (tertiary/aromatic N) is 1. The van der Waals surface area contributed by atoms with Gasteiger partial charge < -0.3 is 9.15 Å². The van der Waals surface area contributed by atoms with Gasteiger partial charge in [0, 0.05) is 13.0 Å². The maximum Gasteiger partial charge on any atom is 0.191 e. The summed E-state index contributed by atoms with van der Waals surface area (Å²) >= 11 is 5.66. The minimum Gasteiger partial charge on any atom is -0.496 e. The van der Waals surface area contributed by atoms with Gasteiger partial charge in [0.25, 0.3) is 0 Å². The number of rotatable bonds is 2. The van der Waals surface area contributed by atoms with E-state index in [1.54, 1.807) is 6.92 Å². The van der Waals surface area contributed by atoms with E-state index in [0.717, 1.165) is 0 Å². The van der Waals surface area contributed by atoms with Crippen molar-refractivity contribution in [2.75, 3.05) is 7.11 Å². The summed E-state index contributed by atoms with van der Waals surface area (Å²) in [5.41, 5.74) is 0.491. The van der Waals surface area contributed by atoms with Crippen molar-refractivity contribution in [3.63, 3.8) is 0 Å².